The first-order chi connectivity index (χ1) is 22.9. The number of nitrogens with one attached hydrogen (secondary N) is 3. The highest BCUT2D eigenvalue weighted by molar-refractivity contribution is 7.09. The maximum Gasteiger partial charge on any atom is 0.408 e. The zero-order valence-electron chi connectivity index (χ0n) is 27.5. The average molecular weight is 674 g/mol. The topological polar surface area (TPSA) is 163 Å². The predicted molar refractivity (Wildman–Crippen MR) is 184 cm³/mol. The van der Waals surface area contributed by atoms with E-state index in [9.17, 15) is 24.6 Å². The predicted octanol–water partition coefficient (Wildman–Crippen LogP) is 5.76. The first-order valence-electron chi connectivity index (χ1n) is 15.7. The fourth-order valence-electron chi connectivity index (χ4n) is 5.77. The lowest BCUT2D eigenvalue weighted by atomic mass is 9.70. The number of amides is 3. The van der Waals surface area contributed by atoms with Crippen molar-refractivity contribution < 1.29 is 29.3 Å². The van der Waals surface area contributed by atoms with Crippen LogP contribution in [0.15, 0.2) is 90.7 Å². The van der Waals surface area contributed by atoms with Crippen LogP contribution in [-0.4, -0.2) is 62.5 Å². The van der Waals surface area contributed by atoms with Crippen molar-refractivity contribution in [2.24, 2.45) is 5.41 Å². The number of aromatic nitrogens is 2. The van der Waals surface area contributed by atoms with Crippen LogP contribution in [0.4, 0.5) is 9.59 Å². The summed E-state index contributed by atoms with van der Waals surface area (Å²) in [7, 11) is 0. The molecule has 2 heterocycles. The number of nitrogens with zero attached hydrogens (tertiary/aromatic N) is 2. The van der Waals surface area contributed by atoms with Crippen LogP contribution in [-0.2, 0) is 22.6 Å². The molecule has 4 rings (SSSR count). The molecule has 254 valence electrons. The Balaban J connectivity index is 1.54. The lowest BCUT2D eigenvalue weighted by molar-refractivity contribution is -0.125. The van der Waals surface area contributed by atoms with E-state index >= 15 is 0 Å². The number of benzene rings is 2. The van der Waals surface area contributed by atoms with Crippen LogP contribution in [0, 0.1) is 5.41 Å². The first kappa shape index (κ1) is 36.0. The Hall–Kier alpha value is -4.81. The standard InChI is InChI=1S/C36H43N5O6S/c1-23(39-35(46)47-21-28-20-37-22-48-28)33(43)41-32(31(36(2,3)4)26-10-6-5-7-11-26)30(42)19-27(40-34(44)45)18-24-13-15-25(16-14-24)29-12-8-9-17-38-29/h5-17,20,22-23,27,30-32,40,42H,18-19,21H2,1-4H3,(H,39,46)(H,41,43)(H,44,45)/t23-,27-,30-,31?,32+/m0/s1. The van der Waals surface area contributed by atoms with Gasteiger partial charge in [-0.05, 0) is 48.4 Å². The van der Waals surface area contributed by atoms with E-state index < -0.39 is 47.7 Å². The number of thiazole rings is 1. The van der Waals surface area contributed by atoms with Gasteiger partial charge in [0.25, 0.3) is 0 Å². The molecule has 4 aromatic rings. The third kappa shape index (κ3) is 10.6. The number of carbonyl (C=O) groups excluding carboxylic acids is 2. The van der Waals surface area contributed by atoms with E-state index in [4.69, 9.17) is 4.74 Å². The molecule has 11 nitrogen and oxygen atoms in total. The van der Waals surface area contributed by atoms with Crippen LogP contribution in [0.2, 0.25) is 0 Å². The Morgan fingerprint density at radius 1 is 0.938 bits per heavy atom. The molecule has 5 N–H and O–H groups in total. The molecule has 2 aromatic carbocycles. The molecule has 12 heteroatoms. The number of ether oxygens (including phenoxy) is 1. The maximum absolute atomic E-state index is 13.6. The highest BCUT2D eigenvalue weighted by atomic mass is 32.1. The van der Waals surface area contributed by atoms with Crippen LogP contribution in [0.1, 0.15) is 56.0 Å². The number of hydrogen-bond donors (Lipinski definition) is 5. The zero-order chi connectivity index (χ0) is 34.7. The second kappa shape index (κ2) is 16.8. The van der Waals surface area contributed by atoms with Gasteiger partial charge in [0, 0.05) is 29.9 Å². The third-order valence-corrected chi connectivity index (χ3v) is 8.73. The normalized spacial score (nSPS) is 14.5. The largest absolute Gasteiger partial charge is 0.465 e. The van der Waals surface area contributed by atoms with Gasteiger partial charge in [-0.2, -0.15) is 0 Å². The molecule has 0 saturated heterocycles. The summed E-state index contributed by atoms with van der Waals surface area (Å²) in [5, 5.41) is 29.7. The lowest BCUT2D eigenvalue weighted by Gasteiger charge is -2.41. The van der Waals surface area contributed by atoms with E-state index in [1.54, 1.807) is 17.9 Å². The van der Waals surface area contributed by atoms with Crippen molar-refractivity contribution in [2.45, 2.75) is 77.3 Å². The minimum atomic E-state index is -1.22. The Bertz CT molecular complexity index is 1600. The molecule has 3 amide bonds. The number of hydrogen-bond acceptors (Lipinski definition) is 8. The molecule has 0 bridgehead atoms. The summed E-state index contributed by atoms with van der Waals surface area (Å²) < 4.78 is 5.23. The van der Waals surface area contributed by atoms with E-state index in [2.05, 4.69) is 25.9 Å². The molecule has 0 aliphatic heterocycles. The van der Waals surface area contributed by atoms with Crippen LogP contribution in [0.25, 0.3) is 11.3 Å². The summed E-state index contributed by atoms with van der Waals surface area (Å²) >= 11 is 1.35. The Morgan fingerprint density at radius 3 is 2.25 bits per heavy atom. The van der Waals surface area contributed by atoms with Crippen LogP contribution in [0.5, 0.6) is 0 Å². The SMILES string of the molecule is C[C@H](NC(=O)OCc1cncs1)C(=O)N[C@@H](C(c1ccccc1)C(C)(C)C)[C@@H](O)C[C@H](Cc1ccc(-c2ccccn2)cc1)NC(=O)O. The number of aliphatic hydroxyl groups excluding tert-OH is 1. The van der Waals surface area contributed by atoms with Crippen LogP contribution < -0.4 is 16.0 Å². The van der Waals surface area contributed by atoms with Gasteiger partial charge in [-0.25, -0.2) is 9.59 Å². The van der Waals surface area contributed by atoms with Crippen molar-refractivity contribution in [1.82, 2.24) is 25.9 Å². The molecule has 0 spiro atoms. The van der Waals surface area contributed by atoms with E-state index in [0.717, 1.165) is 27.3 Å². The van der Waals surface area contributed by atoms with Crippen LogP contribution >= 0.6 is 11.3 Å². The van der Waals surface area contributed by atoms with Crippen molar-refractivity contribution in [3.63, 3.8) is 0 Å². The van der Waals surface area contributed by atoms with Gasteiger partial charge in [0.15, 0.2) is 0 Å². The van der Waals surface area contributed by atoms with E-state index in [1.807, 2.05) is 93.6 Å². The van der Waals surface area contributed by atoms with Crippen molar-refractivity contribution in [2.75, 3.05) is 0 Å². The van der Waals surface area contributed by atoms with Gasteiger partial charge >= 0.3 is 12.2 Å². The molecule has 0 radical (unpaired) electrons. The fraction of sp³-hybridized carbons (Fsp3) is 0.361. The van der Waals surface area contributed by atoms with E-state index in [1.165, 1.54) is 18.3 Å². The van der Waals surface area contributed by atoms with Crippen LogP contribution in [0.3, 0.4) is 0 Å². The molecular weight excluding hydrogens is 630 g/mol. The van der Waals surface area contributed by atoms with Gasteiger partial charge < -0.3 is 30.9 Å². The van der Waals surface area contributed by atoms with Crippen molar-refractivity contribution in [3.8, 4) is 11.3 Å². The molecule has 0 fully saturated rings. The maximum atomic E-state index is 13.6. The van der Waals surface area contributed by atoms with Crippen molar-refractivity contribution in [1.29, 1.82) is 0 Å². The summed E-state index contributed by atoms with van der Waals surface area (Å²) in [5.41, 5.74) is 4.70. The number of aliphatic hydroxyl groups is 1. The second-order valence-electron chi connectivity index (χ2n) is 12.8. The molecule has 2 aromatic heterocycles. The monoisotopic (exact) mass is 673 g/mol. The number of carbonyl (C=O) groups is 3. The minimum absolute atomic E-state index is 0.0113. The number of rotatable bonds is 14. The minimum Gasteiger partial charge on any atom is -0.465 e. The number of carboxylic acid groups (broad SMARTS) is 1. The highest BCUT2D eigenvalue weighted by Crippen LogP contribution is 2.39. The van der Waals surface area contributed by atoms with Gasteiger partial charge in [0.05, 0.1) is 28.2 Å². The third-order valence-electron chi connectivity index (χ3n) is 7.98. The Kier molecular flexibility index (Phi) is 12.6. The Labute approximate surface area is 284 Å². The molecule has 5 atom stereocenters. The molecular formula is C36H43N5O6S. The smallest absolute Gasteiger partial charge is 0.408 e. The molecule has 0 aliphatic rings. The highest BCUT2D eigenvalue weighted by Gasteiger charge is 2.40. The lowest BCUT2D eigenvalue weighted by Crippen LogP contribution is -2.56. The quantitative estimate of drug-likeness (QED) is 0.113. The molecule has 48 heavy (non-hydrogen) atoms. The van der Waals surface area contributed by atoms with Gasteiger partial charge in [0.1, 0.15) is 12.6 Å². The summed E-state index contributed by atoms with van der Waals surface area (Å²) in [6, 6.07) is 20.4. The van der Waals surface area contributed by atoms with Gasteiger partial charge in [-0.1, -0.05) is 81.4 Å². The Morgan fingerprint density at radius 2 is 1.65 bits per heavy atom. The van der Waals surface area contributed by atoms with Crippen molar-refractivity contribution >= 4 is 29.4 Å². The summed E-state index contributed by atoms with van der Waals surface area (Å²) in [4.78, 5) is 47.0. The summed E-state index contributed by atoms with van der Waals surface area (Å²) in [6.07, 6.45) is 0.480. The van der Waals surface area contributed by atoms with Crippen molar-refractivity contribution in [3.05, 3.63) is 107 Å². The van der Waals surface area contributed by atoms with E-state index in [0.29, 0.717) is 6.42 Å². The summed E-state index contributed by atoms with van der Waals surface area (Å²) in [5.74, 6) is -0.905. The average Bonchev–Trinajstić information content (AvgIpc) is 3.57. The molecule has 0 saturated carbocycles. The first-order valence-corrected chi connectivity index (χ1v) is 16.6. The van der Waals surface area contributed by atoms with Gasteiger partial charge in [-0.3, -0.25) is 14.8 Å². The molecule has 1 unspecified atom stereocenters. The van der Waals surface area contributed by atoms with E-state index in [-0.39, 0.29) is 18.9 Å². The number of alkyl carbamates (subject to hydrolysis) is 1. The molecule has 0 aliphatic carbocycles. The van der Waals surface area contributed by atoms with Gasteiger partial charge in [-0.15, -0.1) is 11.3 Å². The number of pyridine rings is 1. The fourth-order valence-corrected chi connectivity index (χ4v) is 6.27. The summed E-state index contributed by atoms with van der Waals surface area (Å²) in [6.45, 7) is 7.61. The second-order valence-corrected chi connectivity index (χ2v) is 13.7. The zero-order valence-corrected chi connectivity index (χ0v) is 28.3. The van der Waals surface area contributed by atoms with Gasteiger partial charge in [0.2, 0.25) is 5.91 Å².